The third-order valence-electron chi connectivity index (χ3n) is 3.46. The molecule has 117 valence electrons. The second-order valence-corrected chi connectivity index (χ2v) is 5.11. The van der Waals surface area contributed by atoms with Crippen molar-refractivity contribution in [3.8, 4) is 28.5 Å². The Balaban J connectivity index is 2.04. The minimum atomic E-state index is 0.333. The topological polar surface area (TPSA) is 49.2 Å². The monoisotopic (exact) mass is 308 g/mol. The van der Waals surface area contributed by atoms with E-state index in [0.717, 1.165) is 28.3 Å². The van der Waals surface area contributed by atoms with Gasteiger partial charge in [0.1, 0.15) is 12.5 Å². The van der Waals surface area contributed by atoms with E-state index in [1.165, 1.54) is 0 Å². The Morgan fingerprint density at radius 3 is 2.48 bits per heavy atom. The van der Waals surface area contributed by atoms with Crippen molar-refractivity contribution in [3.63, 3.8) is 0 Å². The summed E-state index contributed by atoms with van der Waals surface area (Å²) in [5.41, 5.74) is 2.81. The van der Waals surface area contributed by atoms with Gasteiger partial charge in [-0.3, -0.25) is 0 Å². The number of ether oxygens (including phenoxy) is 2. The fraction of sp³-hybridized carbons (Fsp3) is 0.167. The molecule has 5 heteroatoms. The van der Waals surface area contributed by atoms with Crippen molar-refractivity contribution in [1.29, 1.82) is 0 Å². The Kier molecular flexibility index (Phi) is 4.39. The zero-order chi connectivity index (χ0) is 16.2. The van der Waals surface area contributed by atoms with Gasteiger partial charge in [-0.25, -0.2) is 9.67 Å². The summed E-state index contributed by atoms with van der Waals surface area (Å²) in [5, 5.41) is 4.55. The number of aromatic nitrogens is 3. The summed E-state index contributed by atoms with van der Waals surface area (Å²) >= 11 is 0. The molecule has 0 amide bonds. The fourth-order valence-corrected chi connectivity index (χ4v) is 2.34. The number of nitrogens with zero attached hydrogens (tertiary/aromatic N) is 3. The van der Waals surface area contributed by atoms with E-state index in [1.54, 1.807) is 18.9 Å². The third-order valence-corrected chi connectivity index (χ3v) is 3.46. The predicted octanol–water partition coefficient (Wildman–Crippen LogP) is 3.41. The Morgan fingerprint density at radius 1 is 1.04 bits per heavy atom. The lowest BCUT2D eigenvalue weighted by atomic mass is 10.1. The molecule has 2 aromatic carbocycles. The van der Waals surface area contributed by atoms with Crippen molar-refractivity contribution in [2.45, 2.75) is 6.73 Å². The second kappa shape index (κ2) is 6.62. The van der Waals surface area contributed by atoms with Gasteiger partial charge in [-0.05, 0) is 42.8 Å². The number of rotatable bonds is 5. The SMILES string of the molecule is [CH2]c1cccc(-c2nc(-c3ccc(OC)cc3)nn2COC)c1. The van der Waals surface area contributed by atoms with Gasteiger partial charge in [-0.15, -0.1) is 5.10 Å². The van der Waals surface area contributed by atoms with Gasteiger partial charge >= 0.3 is 0 Å². The molecule has 3 rings (SSSR count). The number of methoxy groups -OCH3 is 2. The molecular formula is C18H18N3O2. The van der Waals surface area contributed by atoms with Crippen LogP contribution < -0.4 is 4.74 Å². The normalized spacial score (nSPS) is 10.7. The summed E-state index contributed by atoms with van der Waals surface area (Å²) in [4.78, 5) is 4.67. The molecular weight excluding hydrogens is 290 g/mol. The summed E-state index contributed by atoms with van der Waals surface area (Å²) in [7, 11) is 3.28. The summed E-state index contributed by atoms with van der Waals surface area (Å²) in [5.74, 6) is 2.20. The van der Waals surface area contributed by atoms with Crippen LogP contribution in [-0.4, -0.2) is 29.0 Å². The van der Waals surface area contributed by atoms with E-state index in [0.29, 0.717) is 12.6 Å². The molecule has 0 bridgehead atoms. The quantitative estimate of drug-likeness (QED) is 0.725. The highest BCUT2D eigenvalue weighted by Crippen LogP contribution is 2.24. The number of benzene rings is 2. The highest BCUT2D eigenvalue weighted by molar-refractivity contribution is 5.63. The molecule has 0 aliphatic carbocycles. The lowest BCUT2D eigenvalue weighted by molar-refractivity contribution is 0.122. The molecule has 1 aromatic heterocycles. The maximum atomic E-state index is 5.23. The minimum absolute atomic E-state index is 0.333. The van der Waals surface area contributed by atoms with Gasteiger partial charge in [0.25, 0.3) is 0 Å². The first-order valence-electron chi connectivity index (χ1n) is 7.22. The van der Waals surface area contributed by atoms with Gasteiger partial charge in [-0.2, -0.15) is 0 Å². The molecule has 23 heavy (non-hydrogen) atoms. The van der Waals surface area contributed by atoms with Crippen molar-refractivity contribution in [1.82, 2.24) is 14.8 Å². The molecule has 0 fully saturated rings. The van der Waals surface area contributed by atoms with Gasteiger partial charge in [0.15, 0.2) is 11.6 Å². The fourth-order valence-electron chi connectivity index (χ4n) is 2.34. The molecule has 0 unspecified atom stereocenters. The van der Waals surface area contributed by atoms with Gasteiger partial charge in [0, 0.05) is 18.2 Å². The van der Waals surface area contributed by atoms with E-state index in [9.17, 15) is 0 Å². The lowest BCUT2D eigenvalue weighted by Crippen LogP contribution is -2.04. The highest BCUT2D eigenvalue weighted by atomic mass is 16.5. The molecule has 0 spiro atoms. The van der Waals surface area contributed by atoms with Crippen molar-refractivity contribution < 1.29 is 9.47 Å². The first kappa shape index (κ1) is 15.2. The molecule has 0 saturated heterocycles. The van der Waals surface area contributed by atoms with Crippen LogP contribution in [0.5, 0.6) is 5.75 Å². The van der Waals surface area contributed by atoms with Crippen LogP contribution in [0, 0.1) is 6.92 Å². The maximum Gasteiger partial charge on any atom is 0.181 e. The summed E-state index contributed by atoms with van der Waals surface area (Å²) in [6, 6.07) is 15.5. The Hall–Kier alpha value is -2.66. The average Bonchev–Trinajstić information content (AvgIpc) is 2.99. The molecule has 0 aliphatic rings. The van der Waals surface area contributed by atoms with E-state index >= 15 is 0 Å². The van der Waals surface area contributed by atoms with E-state index in [4.69, 9.17) is 9.47 Å². The standard InChI is InChI=1S/C18H18N3O2/c1-13-5-4-6-15(11-13)18-19-17(20-21(18)12-22-2)14-7-9-16(23-3)10-8-14/h4-11H,1,12H2,2-3H3. The third kappa shape index (κ3) is 3.24. The second-order valence-electron chi connectivity index (χ2n) is 5.11. The molecule has 0 atom stereocenters. The molecule has 3 aromatic rings. The predicted molar refractivity (Wildman–Crippen MR) is 88.9 cm³/mol. The van der Waals surface area contributed by atoms with E-state index in [2.05, 4.69) is 17.0 Å². The number of hydrogen-bond donors (Lipinski definition) is 0. The summed E-state index contributed by atoms with van der Waals surface area (Å²) in [6.07, 6.45) is 0. The zero-order valence-corrected chi connectivity index (χ0v) is 13.2. The first-order chi connectivity index (χ1) is 11.2. The van der Waals surface area contributed by atoms with Crippen LogP contribution in [0.25, 0.3) is 22.8 Å². The van der Waals surface area contributed by atoms with Gasteiger partial charge < -0.3 is 9.47 Å². The average molecular weight is 308 g/mol. The summed E-state index contributed by atoms with van der Waals surface area (Å²) in [6.45, 7) is 4.30. The Morgan fingerprint density at radius 2 is 1.83 bits per heavy atom. The van der Waals surface area contributed by atoms with Crippen LogP contribution in [0.3, 0.4) is 0 Å². The van der Waals surface area contributed by atoms with Crippen molar-refractivity contribution in [2.75, 3.05) is 14.2 Å². The molecule has 5 nitrogen and oxygen atoms in total. The van der Waals surface area contributed by atoms with E-state index in [1.807, 2.05) is 48.5 Å². The highest BCUT2D eigenvalue weighted by Gasteiger charge is 2.13. The van der Waals surface area contributed by atoms with E-state index in [-0.39, 0.29) is 0 Å². The maximum absolute atomic E-state index is 5.23. The number of hydrogen-bond acceptors (Lipinski definition) is 4. The van der Waals surface area contributed by atoms with Crippen LogP contribution in [-0.2, 0) is 11.5 Å². The minimum Gasteiger partial charge on any atom is -0.497 e. The van der Waals surface area contributed by atoms with Crippen LogP contribution >= 0.6 is 0 Å². The van der Waals surface area contributed by atoms with Crippen LogP contribution in [0.2, 0.25) is 0 Å². The van der Waals surface area contributed by atoms with E-state index < -0.39 is 0 Å². The lowest BCUT2D eigenvalue weighted by Gasteiger charge is -2.04. The smallest absolute Gasteiger partial charge is 0.181 e. The van der Waals surface area contributed by atoms with Crippen molar-refractivity contribution in [2.24, 2.45) is 0 Å². The van der Waals surface area contributed by atoms with Crippen molar-refractivity contribution in [3.05, 3.63) is 61.0 Å². The Bertz CT molecular complexity index is 794. The van der Waals surface area contributed by atoms with Crippen LogP contribution in [0.15, 0.2) is 48.5 Å². The van der Waals surface area contributed by atoms with Crippen LogP contribution in [0.4, 0.5) is 0 Å². The zero-order valence-electron chi connectivity index (χ0n) is 13.2. The molecule has 0 saturated carbocycles. The molecule has 0 aliphatic heterocycles. The molecule has 1 radical (unpaired) electrons. The van der Waals surface area contributed by atoms with Gasteiger partial charge in [0.05, 0.1) is 7.11 Å². The molecule has 1 heterocycles. The van der Waals surface area contributed by atoms with Crippen LogP contribution in [0.1, 0.15) is 5.56 Å². The first-order valence-corrected chi connectivity index (χ1v) is 7.22. The largest absolute Gasteiger partial charge is 0.497 e. The van der Waals surface area contributed by atoms with Crippen molar-refractivity contribution >= 4 is 0 Å². The van der Waals surface area contributed by atoms with Gasteiger partial charge in [0.2, 0.25) is 0 Å². The summed E-state index contributed by atoms with van der Waals surface area (Å²) < 4.78 is 12.2. The van der Waals surface area contributed by atoms with Gasteiger partial charge in [-0.1, -0.05) is 18.2 Å². The molecule has 0 N–H and O–H groups in total. The Labute approximate surface area is 135 Å².